The number of fused-ring (bicyclic) bond motifs is 1. The highest BCUT2D eigenvalue weighted by Crippen LogP contribution is 2.37. The number of amides is 2. The summed E-state index contributed by atoms with van der Waals surface area (Å²) in [5.41, 5.74) is 2.33. The average molecular weight is 466 g/mol. The maximum absolute atomic E-state index is 13.4. The number of ether oxygens (including phenoxy) is 3. The minimum Gasteiger partial charge on any atom is -0.493 e. The summed E-state index contributed by atoms with van der Waals surface area (Å²) in [6, 6.07) is 13.2. The normalized spacial score (nSPS) is 21.9. The molecule has 2 aromatic carbocycles. The molecule has 2 fully saturated rings. The molecular weight excluding hydrogens is 434 g/mol. The van der Waals surface area contributed by atoms with Crippen LogP contribution in [0.25, 0.3) is 0 Å². The Bertz CT molecular complexity index is 1050. The van der Waals surface area contributed by atoms with E-state index in [0.29, 0.717) is 23.6 Å². The third-order valence-electron chi connectivity index (χ3n) is 6.76. The predicted molar refractivity (Wildman–Crippen MR) is 127 cm³/mol. The fourth-order valence-electron chi connectivity index (χ4n) is 4.92. The second-order valence-electron chi connectivity index (χ2n) is 8.97. The van der Waals surface area contributed by atoms with Gasteiger partial charge in [0.05, 0.1) is 18.8 Å². The molecule has 34 heavy (non-hydrogen) atoms. The van der Waals surface area contributed by atoms with Crippen LogP contribution >= 0.6 is 0 Å². The molecule has 2 unspecified atom stereocenters. The van der Waals surface area contributed by atoms with Gasteiger partial charge in [0.1, 0.15) is 6.17 Å². The molecule has 0 aromatic heterocycles. The lowest BCUT2D eigenvalue weighted by Gasteiger charge is -2.39. The second kappa shape index (κ2) is 9.93. The number of hydrogen-bond acceptors (Lipinski definition) is 6. The topological polar surface area (TPSA) is 80.3 Å². The van der Waals surface area contributed by atoms with Gasteiger partial charge in [-0.1, -0.05) is 18.2 Å². The Morgan fingerprint density at radius 3 is 2.71 bits per heavy atom. The maximum Gasteiger partial charge on any atom is 0.260 e. The summed E-state index contributed by atoms with van der Waals surface area (Å²) in [4.78, 5) is 29.5. The van der Waals surface area contributed by atoms with Crippen molar-refractivity contribution in [2.75, 3.05) is 45.3 Å². The van der Waals surface area contributed by atoms with E-state index in [-0.39, 0.29) is 30.7 Å². The Morgan fingerprint density at radius 2 is 1.94 bits per heavy atom. The van der Waals surface area contributed by atoms with Crippen LogP contribution in [0.15, 0.2) is 42.5 Å². The molecule has 8 heteroatoms. The maximum atomic E-state index is 13.4. The van der Waals surface area contributed by atoms with Crippen molar-refractivity contribution in [1.29, 1.82) is 0 Å². The Morgan fingerprint density at radius 1 is 1.12 bits per heavy atom. The largest absolute Gasteiger partial charge is 0.493 e. The summed E-state index contributed by atoms with van der Waals surface area (Å²) in [7, 11) is 1.58. The first-order valence-electron chi connectivity index (χ1n) is 12.0. The van der Waals surface area contributed by atoms with Gasteiger partial charge in [0, 0.05) is 31.9 Å². The van der Waals surface area contributed by atoms with Crippen molar-refractivity contribution < 1.29 is 23.8 Å². The summed E-state index contributed by atoms with van der Waals surface area (Å²) in [5, 5.41) is 3.52. The molecule has 2 atom stereocenters. The number of rotatable bonds is 7. The van der Waals surface area contributed by atoms with Gasteiger partial charge >= 0.3 is 0 Å². The Balaban J connectivity index is 1.38. The fourth-order valence-corrected chi connectivity index (χ4v) is 4.92. The number of anilines is 1. The highest BCUT2D eigenvalue weighted by Gasteiger charge is 2.35. The molecule has 3 aliphatic rings. The van der Waals surface area contributed by atoms with Gasteiger partial charge < -0.3 is 29.3 Å². The average Bonchev–Trinajstić information content (AvgIpc) is 3.59. The van der Waals surface area contributed by atoms with Crippen LogP contribution in [0.3, 0.4) is 0 Å². The van der Waals surface area contributed by atoms with Crippen molar-refractivity contribution in [3.8, 4) is 11.5 Å². The first-order valence-corrected chi connectivity index (χ1v) is 12.0. The molecule has 180 valence electrons. The number of nitrogens with one attached hydrogen (secondary N) is 1. The van der Waals surface area contributed by atoms with Crippen molar-refractivity contribution >= 4 is 17.5 Å². The number of benzene rings is 2. The van der Waals surface area contributed by atoms with E-state index in [0.717, 1.165) is 56.6 Å². The third-order valence-corrected chi connectivity index (χ3v) is 6.76. The molecule has 3 heterocycles. The first kappa shape index (κ1) is 22.5. The van der Waals surface area contributed by atoms with Gasteiger partial charge in [-0.3, -0.25) is 9.59 Å². The van der Waals surface area contributed by atoms with Crippen molar-refractivity contribution in [3.05, 3.63) is 53.6 Å². The van der Waals surface area contributed by atoms with Crippen LogP contribution in [-0.2, 0) is 9.53 Å². The molecule has 0 bridgehead atoms. The number of likely N-dealkylation sites (tertiary alicyclic amines) is 1. The van der Waals surface area contributed by atoms with Crippen LogP contribution in [0.4, 0.5) is 5.69 Å². The van der Waals surface area contributed by atoms with Gasteiger partial charge in [-0.2, -0.15) is 0 Å². The van der Waals surface area contributed by atoms with Crippen LogP contribution in [0.2, 0.25) is 0 Å². The highest BCUT2D eigenvalue weighted by molar-refractivity contribution is 6.01. The predicted octanol–water partition coefficient (Wildman–Crippen LogP) is 3.44. The van der Waals surface area contributed by atoms with Gasteiger partial charge in [-0.05, 0) is 55.5 Å². The number of methoxy groups -OCH3 is 1. The summed E-state index contributed by atoms with van der Waals surface area (Å²) in [6.45, 7) is 2.81. The van der Waals surface area contributed by atoms with Gasteiger partial charge in [-0.25, -0.2) is 0 Å². The van der Waals surface area contributed by atoms with Crippen molar-refractivity contribution in [1.82, 2.24) is 9.80 Å². The van der Waals surface area contributed by atoms with E-state index in [9.17, 15) is 9.59 Å². The number of carbonyl (C=O) groups is 2. The summed E-state index contributed by atoms with van der Waals surface area (Å²) >= 11 is 0. The summed E-state index contributed by atoms with van der Waals surface area (Å²) in [5.74, 6) is 0.997. The Kier molecular flexibility index (Phi) is 6.58. The van der Waals surface area contributed by atoms with E-state index in [2.05, 4.69) is 5.32 Å². The molecule has 1 N–H and O–H groups in total. The molecule has 8 nitrogen and oxygen atoms in total. The van der Waals surface area contributed by atoms with Crippen LogP contribution in [0.5, 0.6) is 11.5 Å². The SMILES string of the molecule is COc1cc(C2Nc3ccccc3C(=O)N2CC2CCCO2)ccc1OCC(=O)N1CCCC1. The Hall–Kier alpha value is -3.26. The summed E-state index contributed by atoms with van der Waals surface area (Å²) < 4.78 is 17.2. The van der Waals surface area contributed by atoms with E-state index in [4.69, 9.17) is 14.2 Å². The Labute approximate surface area is 199 Å². The molecule has 0 aliphatic carbocycles. The van der Waals surface area contributed by atoms with Gasteiger partial charge in [0.15, 0.2) is 18.1 Å². The number of para-hydroxylation sites is 1. The van der Waals surface area contributed by atoms with E-state index in [1.165, 1.54) is 0 Å². The van der Waals surface area contributed by atoms with Crippen LogP contribution in [0.1, 0.15) is 47.8 Å². The number of nitrogens with zero attached hydrogens (tertiary/aromatic N) is 2. The summed E-state index contributed by atoms with van der Waals surface area (Å²) in [6.07, 6.45) is 3.70. The van der Waals surface area contributed by atoms with E-state index < -0.39 is 0 Å². The zero-order valence-corrected chi connectivity index (χ0v) is 19.5. The van der Waals surface area contributed by atoms with Gasteiger partial charge in [0.2, 0.25) is 0 Å². The molecule has 5 rings (SSSR count). The second-order valence-corrected chi connectivity index (χ2v) is 8.97. The van der Waals surface area contributed by atoms with Crippen LogP contribution < -0.4 is 14.8 Å². The molecule has 2 amide bonds. The molecule has 0 spiro atoms. The molecule has 0 radical (unpaired) electrons. The first-order chi connectivity index (χ1) is 16.6. The van der Waals surface area contributed by atoms with Crippen LogP contribution in [-0.4, -0.2) is 67.7 Å². The van der Waals surface area contributed by atoms with Crippen molar-refractivity contribution in [2.24, 2.45) is 0 Å². The van der Waals surface area contributed by atoms with Crippen molar-refractivity contribution in [3.63, 3.8) is 0 Å². The van der Waals surface area contributed by atoms with Gasteiger partial charge in [0.25, 0.3) is 11.8 Å². The minimum absolute atomic E-state index is 0.0116. The molecule has 0 saturated carbocycles. The molecular formula is C26H31N3O5. The quantitative estimate of drug-likeness (QED) is 0.675. The van der Waals surface area contributed by atoms with E-state index in [1.807, 2.05) is 52.3 Å². The lowest BCUT2D eigenvalue weighted by molar-refractivity contribution is -0.132. The third kappa shape index (κ3) is 4.55. The fraction of sp³-hybridized carbons (Fsp3) is 0.462. The minimum atomic E-state index is -0.374. The van der Waals surface area contributed by atoms with Crippen LogP contribution in [0, 0.1) is 0 Å². The highest BCUT2D eigenvalue weighted by atomic mass is 16.5. The van der Waals surface area contributed by atoms with Crippen molar-refractivity contribution in [2.45, 2.75) is 38.0 Å². The molecule has 3 aliphatic heterocycles. The lowest BCUT2D eigenvalue weighted by Crippen LogP contribution is -2.46. The monoisotopic (exact) mass is 465 g/mol. The van der Waals surface area contributed by atoms with E-state index in [1.54, 1.807) is 7.11 Å². The number of hydrogen-bond donors (Lipinski definition) is 1. The smallest absolute Gasteiger partial charge is 0.260 e. The molecule has 2 aromatic rings. The zero-order chi connectivity index (χ0) is 23.5. The van der Waals surface area contributed by atoms with Gasteiger partial charge in [-0.15, -0.1) is 0 Å². The zero-order valence-electron chi connectivity index (χ0n) is 19.5. The molecule has 2 saturated heterocycles. The standard InChI is InChI=1S/C26H31N3O5/c1-32-23-15-18(10-11-22(23)34-17-24(30)28-12-4-5-13-28)25-27-21-9-3-2-8-20(21)26(31)29(25)16-19-7-6-14-33-19/h2-3,8-11,15,19,25,27H,4-7,12-14,16-17H2,1H3. The van der Waals surface area contributed by atoms with E-state index >= 15 is 0 Å². The number of carbonyl (C=O) groups excluding carboxylic acids is 2. The lowest BCUT2D eigenvalue weighted by atomic mass is 10.0.